The minimum absolute atomic E-state index is 0.0784. The first-order chi connectivity index (χ1) is 9.20. The number of rotatable bonds is 6. The number of ether oxygens (including phenoxy) is 1. The van der Waals surface area contributed by atoms with Crippen molar-refractivity contribution in [2.24, 2.45) is 0 Å². The Morgan fingerprint density at radius 1 is 1.53 bits per heavy atom. The highest BCUT2D eigenvalue weighted by Gasteiger charge is 2.08. The van der Waals surface area contributed by atoms with Gasteiger partial charge in [-0.25, -0.2) is 4.98 Å². The Morgan fingerprint density at radius 2 is 2.37 bits per heavy atom. The Bertz CT molecular complexity index is 568. The summed E-state index contributed by atoms with van der Waals surface area (Å²) < 4.78 is 6.14. The fourth-order valence-electron chi connectivity index (χ4n) is 1.71. The third-order valence-corrected chi connectivity index (χ3v) is 3.47. The topological polar surface area (TPSA) is 77.2 Å². The number of hydrogen-bond donors (Lipinski definition) is 2. The Balaban J connectivity index is 1.93. The molecule has 1 aromatic carbocycles. The Labute approximate surface area is 115 Å². The summed E-state index contributed by atoms with van der Waals surface area (Å²) in [5, 5.41) is 3.38. The van der Waals surface area contributed by atoms with Crippen molar-refractivity contribution in [1.29, 1.82) is 0 Å². The van der Waals surface area contributed by atoms with Crippen LogP contribution < -0.4 is 11.1 Å². The van der Waals surface area contributed by atoms with E-state index in [4.69, 9.17) is 10.5 Å². The van der Waals surface area contributed by atoms with Crippen molar-refractivity contribution in [3.8, 4) is 0 Å². The number of nitrogens with one attached hydrogen (secondary N) is 1. The highest BCUT2D eigenvalue weighted by molar-refractivity contribution is 7.22. The zero-order chi connectivity index (χ0) is 13.7. The second kappa shape index (κ2) is 6.49. The highest BCUT2D eigenvalue weighted by Crippen LogP contribution is 2.24. The highest BCUT2D eigenvalue weighted by atomic mass is 32.1. The third kappa shape index (κ3) is 3.65. The van der Waals surface area contributed by atoms with Crippen LogP contribution >= 0.6 is 11.3 Å². The van der Waals surface area contributed by atoms with E-state index < -0.39 is 0 Å². The predicted octanol–water partition coefficient (Wildman–Crippen LogP) is 2.03. The van der Waals surface area contributed by atoms with Crippen LogP contribution in [-0.2, 0) is 4.74 Å². The summed E-state index contributed by atoms with van der Waals surface area (Å²) in [5.41, 5.74) is 7.10. The minimum atomic E-state index is -0.0784. The van der Waals surface area contributed by atoms with Gasteiger partial charge in [-0.2, -0.15) is 0 Å². The molecule has 0 spiro atoms. The number of carbonyl (C=O) groups excluding carboxylic acids is 1. The molecule has 0 unspecified atom stereocenters. The Kier molecular flexibility index (Phi) is 4.70. The van der Waals surface area contributed by atoms with E-state index in [0.29, 0.717) is 30.5 Å². The van der Waals surface area contributed by atoms with E-state index in [-0.39, 0.29) is 5.91 Å². The quantitative estimate of drug-likeness (QED) is 0.793. The second-order valence-electron chi connectivity index (χ2n) is 4.04. The van der Waals surface area contributed by atoms with Gasteiger partial charge in [-0.1, -0.05) is 11.3 Å². The standard InChI is InChI=1S/C13H17N3O2S/c1-2-18-7-3-6-15-12(17)9-4-5-10-11(8-9)19-13(14)16-10/h4-5,8H,2-3,6-7H2,1H3,(H2,14,16)(H,15,17). The van der Waals surface area contributed by atoms with Crippen molar-refractivity contribution in [3.05, 3.63) is 23.8 Å². The SMILES string of the molecule is CCOCCCNC(=O)c1ccc2nc(N)sc2c1. The lowest BCUT2D eigenvalue weighted by Crippen LogP contribution is -2.25. The number of nitrogens with two attached hydrogens (primary N) is 1. The molecule has 102 valence electrons. The second-order valence-corrected chi connectivity index (χ2v) is 5.10. The van der Waals surface area contributed by atoms with Crippen LogP contribution in [0.1, 0.15) is 23.7 Å². The van der Waals surface area contributed by atoms with E-state index in [1.807, 2.05) is 19.1 Å². The van der Waals surface area contributed by atoms with Crippen molar-refractivity contribution in [2.75, 3.05) is 25.5 Å². The van der Waals surface area contributed by atoms with Crippen LogP contribution in [0.2, 0.25) is 0 Å². The molecule has 0 saturated heterocycles. The number of hydrogen-bond acceptors (Lipinski definition) is 5. The number of benzene rings is 1. The first-order valence-corrected chi connectivity index (χ1v) is 7.04. The van der Waals surface area contributed by atoms with Crippen LogP contribution in [-0.4, -0.2) is 30.6 Å². The molecule has 2 rings (SSSR count). The fraction of sp³-hybridized carbons (Fsp3) is 0.385. The zero-order valence-corrected chi connectivity index (χ0v) is 11.6. The number of carbonyl (C=O) groups is 1. The summed E-state index contributed by atoms with van der Waals surface area (Å²) in [6, 6.07) is 5.40. The van der Waals surface area contributed by atoms with Gasteiger partial charge >= 0.3 is 0 Å². The molecule has 0 aliphatic heterocycles. The molecule has 0 bridgehead atoms. The van der Waals surface area contributed by atoms with Gasteiger partial charge in [0, 0.05) is 25.3 Å². The third-order valence-electron chi connectivity index (χ3n) is 2.62. The lowest BCUT2D eigenvalue weighted by molar-refractivity contribution is 0.0944. The Morgan fingerprint density at radius 3 is 3.16 bits per heavy atom. The molecule has 1 amide bonds. The van der Waals surface area contributed by atoms with Crippen LogP contribution in [0.3, 0.4) is 0 Å². The van der Waals surface area contributed by atoms with Gasteiger partial charge in [0.15, 0.2) is 5.13 Å². The van der Waals surface area contributed by atoms with Crippen LogP contribution in [0.15, 0.2) is 18.2 Å². The molecule has 0 aliphatic rings. The number of anilines is 1. The molecule has 2 aromatic rings. The largest absolute Gasteiger partial charge is 0.382 e. The normalized spacial score (nSPS) is 10.8. The van der Waals surface area contributed by atoms with Gasteiger partial charge in [-0.15, -0.1) is 0 Å². The molecular formula is C13H17N3O2S. The van der Waals surface area contributed by atoms with E-state index in [1.165, 1.54) is 11.3 Å². The van der Waals surface area contributed by atoms with E-state index in [9.17, 15) is 4.79 Å². The summed E-state index contributed by atoms with van der Waals surface area (Å²) >= 11 is 1.39. The molecule has 1 aromatic heterocycles. The van der Waals surface area contributed by atoms with Crippen molar-refractivity contribution in [2.45, 2.75) is 13.3 Å². The summed E-state index contributed by atoms with van der Waals surface area (Å²) in [6.07, 6.45) is 0.815. The van der Waals surface area contributed by atoms with Gasteiger partial charge in [0.05, 0.1) is 10.2 Å². The summed E-state index contributed by atoms with van der Waals surface area (Å²) in [6.45, 7) is 3.94. The average molecular weight is 279 g/mol. The van der Waals surface area contributed by atoms with E-state index in [0.717, 1.165) is 16.6 Å². The molecule has 0 atom stereocenters. The number of aromatic nitrogens is 1. The number of nitrogen functional groups attached to an aromatic ring is 1. The molecule has 0 fully saturated rings. The van der Waals surface area contributed by atoms with Gasteiger partial charge in [0.2, 0.25) is 0 Å². The van der Waals surface area contributed by atoms with Gasteiger partial charge in [0.1, 0.15) is 0 Å². The fourth-order valence-corrected chi connectivity index (χ4v) is 2.48. The molecule has 0 aliphatic carbocycles. The Hall–Kier alpha value is -1.66. The maximum atomic E-state index is 11.9. The predicted molar refractivity (Wildman–Crippen MR) is 77.5 cm³/mol. The average Bonchev–Trinajstić information content (AvgIpc) is 2.77. The van der Waals surface area contributed by atoms with E-state index >= 15 is 0 Å². The summed E-state index contributed by atoms with van der Waals surface area (Å²) in [5.74, 6) is -0.0784. The van der Waals surface area contributed by atoms with Crippen molar-refractivity contribution >= 4 is 32.6 Å². The molecule has 0 radical (unpaired) electrons. The van der Waals surface area contributed by atoms with Gasteiger partial charge in [-0.3, -0.25) is 4.79 Å². The van der Waals surface area contributed by atoms with Crippen LogP contribution in [0.25, 0.3) is 10.2 Å². The maximum Gasteiger partial charge on any atom is 0.251 e. The molecular weight excluding hydrogens is 262 g/mol. The van der Waals surface area contributed by atoms with Crippen LogP contribution in [0, 0.1) is 0 Å². The van der Waals surface area contributed by atoms with Crippen LogP contribution in [0.4, 0.5) is 5.13 Å². The van der Waals surface area contributed by atoms with Crippen molar-refractivity contribution in [3.63, 3.8) is 0 Å². The number of fused-ring (bicyclic) bond motifs is 1. The molecule has 1 heterocycles. The minimum Gasteiger partial charge on any atom is -0.382 e. The van der Waals surface area contributed by atoms with Gasteiger partial charge in [0.25, 0.3) is 5.91 Å². The van der Waals surface area contributed by atoms with Crippen LogP contribution in [0.5, 0.6) is 0 Å². The number of nitrogens with zero attached hydrogens (tertiary/aromatic N) is 1. The molecule has 0 saturated carbocycles. The number of amides is 1. The molecule has 5 nitrogen and oxygen atoms in total. The van der Waals surface area contributed by atoms with E-state index in [2.05, 4.69) is 10.3 Å². The van der Waals surface area contributed by atoms with Crippen molar-refractivity contribution in [1.82, 2.24) is 10.3 Å². The van der Waals surface area contributed by atoms with Gasteiger partial charge in [-0.05, 0) is 31.5 Å². The first-order valence-electron chi connectivity index (χ1n) is 6.22. The van der Waals surface area contributed by atoms with Crippen molar-refractivity contribution < 1.29 is 9.53 Å². The molecule has 19 heavy (non-hydrogen) atoms. The smallest absolute Gasteiger partial charge is 0.251 e. The first kappa shape index (κ1) is 13.8. The molecule has 3 N–H and O–H groups in total. The number of thiazole rings is 1. The summed E-state index contributed by atoms with van der Waals surface area (Å²) in [4.78, 5) is 16.1. The van der Waals surface area contributed by atoms with E-state index in [1.54, 1.807) is 6.07 Å². The summed E-state index contributed by atoms with van der Waals surface area (Å²) in [7, 11) is 0. The lowest BCUT2D eigenvalue weighted by atomic mass is 10.2. The monoisotopic (exact) mass is 279 g/mol. The molecule has 6 heteroatoms. The lowest BCUT2D eigenvalue weighted by Gasteiger charge is -2.05. The zero-order valence-electron chi connectivity index (χ0n) is 10.8. The maximum absolute atomic E-state index is 11.9. The van der Waals surface area contributed by atoms with Gasteiger partial charge < -0.3 is 15.8 Å².